The number of rotatable bonds is 2. The van der Waals surface area contributed by atoms with Gasteiger partial charge in [-0.15, -0.1) is 11.3 Å². The lowest BCUT2D eigenvalue weighted by molar-refractivity contribution is -0.384. The minimum atomic E-state index is -2.03. The lowest BCUT2D eigenvalue weighted by Gasteiger charge is -1.89. The van der Waals surface area contributed by atoms with Crippen molar-refractivity contribution in [3.05, 3.63) is 34.4 Å². The zero-order chi connectivity index (χ0) is 11.0. The molecule has 1 unspecified atom stereocenters. The summed E-state index contributed by atoms with van der Waals surface area (Å²) < 4.78 is 20.7. The molecule has 0 aliphatic carbocycles. The van der Waals surface area contributed by atoms with Crippen molar-refractivity contribution in [3.8, 4) is 0 Å². The second-order valence-corrected chi connectivity index (χ2v) is 5.07. The molecule has 0 saturated carbocycles. The molecular weight excluding hydrogens is 238 g/mol. The molecule has 78 valence electrons. The van der Waals surface area contributed by atoms with Crippen molar-refractivity contribution in [2.75, 3.05) is 0 Å². The number of non-ortho nitro benzene ring substituents is 1. The van der Waals surface area contributed by atoms with Gasteiger partial charge in [0.2, 0.25) is 0 Å². The first kappa shape index (κ1) is 10.2. The molecule has 0 fully saturated rings. The molecule has 7 heteroatoms. The van der Waals surface area contributed by atoms with Crippen molar-refractivity contribution in [1.29, 1.82) is 0 Å². The average Bonchev–Trinajstić information content (AvgIpc) is 2.59. The molecule has 1 N–H and O–H groups in total. The Bertz CT molecular complexity index is 551. The van der Waals surface area contributed by atoms with Crippen LogP contribution in [0.2, 0.25) is 0 Å². The van der Waals surface area contributed by atoms with E-state index in [1.165, 1.54) is 18.2 Å². The highest BCUT2D eigenvalue weighted by atomic mass is 32.2. The summed E-state index contributed by atoms with van der Waals surface area (Å²) >= 11 is -0.877. The number of hydrogen-bond acceptors (Lipinski definition) is 4. The molecule has 2 rings (SSSR count). The van der Waals surface area contributed by atoms with Crippen LogP contribution in [0.5, 0.6) is 0 Å². The van der Waals surface area contributed by atoms with Gasteiger partial charge < -0.3 is 4.55 Å². The second-order valence-electron chi connectivity index (χ2n) is 2.79. The SMILES string of the molecule is O=[N+]([O-])c1ccc2sc(S(=O)O)cc2c1. The van der Waals surface area contributed by atoms with Crippen molar-refractivity contribution in [2.24, 2.45) is 0 Å². The summed E-state index contributed by atoms with van der Waals surface area (Å²) in [4.78, 5) is 9.99. The van der Waals surface area contributed by atoms with E-state index in [9.17, 15) is 14.3 Å². The Morgan fingerprint density at radius 3 is 2.73 bits per heavy atom. The third-order valence-electron chi connectivity index (χ3n) is 1.86. The summed E-state index contributed by atoms with van der Waals surface area (Å²) in [5.74, 6) is 0. The van der Waals surface area contributed by atoms with Crippen LogP contribution in [0.15, 0.2) is 28.5 Å². The van der Waals surface area contributed by atoms with Gasteiger partial charge in [0, 0.05) is 22.2 Å². The van der Waals surface area contributed by atoms with Crippen molar-refractivity contribution in [3.63, 3.8) is 0 Å². The lowest BCUT2D eigenvalue weighted by atomic mass is 10.2. The molecule has 0 aliphatic rings. The Hall–Kier alpha value is -1.31. The smallest absolute Gasteiger partial charge is 0.270 e. The predicted molar refractivity (Wildman–Crippen MR) is 57.5 cm³/mol. The van der Waals surface area contributed by atoms with Crippen LogP contribution in [0.1, 0.15) is 0 Å². The Balaban J connectivity index is 2.62. The van der Waals surface area contributed by atoms with Gasteiger partial charge in [-0.25, -0.2) is 4.21 Å². The van der Waals surface area contributed by atoms with Gasteiger partial charge in [-0.1, -0.05) is 0 Å². The van der Waals surface area contributed by atoms with Gasteiger partial charge in [0.15, 0.2) is 11.1 Å². The van der Waals surface area contributed by atoms with Crippen LogP contribution in [0.3, 0.4) is 0 Å². The van der Waals surface area contributed by atoms with Crippen LogP contribution in [0, 0.1) is 10.1 Å². The van der Waals surface area contributed by atoms with E-state index < -0.39 is 16.0 Å². The topological polar surface area (TPSA) is 80.4 Å². The third kappa shape index (κ3) is 1.89. The molecule has 1 atom stereocenters. The number of fused-ring (bicyclic) bond motifs is 1. The molecule has 0 amide bonds. The standard InChI is InChI=1S/C8H5NO4S2/c10-9(11)6-1-2-7-5(3-6)4-8(14-7)15(12)13/h1-4H,(H,12,13). The summed E-state index contributed by atoms with van der Waals surface area (Å²) in [7, 11) is 0. The fraction of sp³-hybridized carbons (Fsp3) is 0. The summed E-state index contributed by atoms with van der Waals surface area (Å²) in [6.45, 7) is 0. The Morgan fingerprint density at radius 1 is 1.40 bits per heavy atom. The normalized spacial score (nSPS) is 12.9. The maximum absolute atomic E-state index is 10.8. The predicted octanol–water partition coefficient (Wildman–Crippen LogP) is 2.39. The van der Waals surface area contributed by atoms with Crippen molar-refractivity contribution in [2.45, 2.75) is 4.21 Å². The van der Waals surface area contributed by atoms with Crippen LogP contribution in [-0.4, -0.2) is 13.7 Å². The monoisotopic (exact) mass is 243 g/mol. The van der Waals surface area contributed by atoms with E-state index in [0.717, 1.165) is 16.0 Å². The summed E-state index contributed by atoms with van der Waals surface area (Å²) in [6, 6.07) is 5.84. The molecule has 0 saturated heterocycles. The fourth-order valence-electron chi connectivity index (χ4n) is 1.21. The third-order valence-corrected chi connectivity index (χ3v) is 3.91. The van der Waals surface area contributed by atoms with Gasteiger partial charge in [-0.3, -0.25) is 10.1 Å². The molecule has 15 heavy (non-hydrogen) atoms. The molecule has 1 aromatic heterocycles. The number of nitro benzene ring substituents is 1. The highest BCUT2D eigenvalue weighted by Crippen LogP contribution is 2.30. The first-order valence-corrected chi connectivity index (χ1v) is 5.79. The summed E-state index contributed by atoms with van der Waals surface area (Å²) in [6.07, 6.45) is 0. The largest absolute Gasteiger partial charge is 0.302 e. The second kappa shape index (κ2) is 3.69. The molecule has 0 bridgehead atoms. The number of nitrogens with zero attached hydrogens (tertiary/aromatic N) is 1. The highest BCUT2D eigenvalue weighted by Gasteiger charge is 2.10. The highest BCUT2D eigenvalue weighted by molar-refractivity contribution is 7.82. The van der Waals surface area contributed by atoms with Gasteiger partial charge in [-0.05, 0) is 12.1 Å². The van der Waals surface area contributed by atoms with Gasteiger partial charge in [0.05, 0.1) is 4.92 Å². The minimum absolute atomic E-state index is 0.0180. The van der Waals surface area contributed by atoms with Crippen molar-refractivity contribution >= 4 is 38.2 Å². The Morgan fingerprint density at radius 2 is 2.13 bits per heavy atom. The fourth-order valence-corrected chi connectivity index (χ4v) is 2.76. The van der Waals surface area contributed by atoms with Gasteiger partial charge in [0.1, 0.15) is 4.21 Å². The van der Waals surface area contributed by atoms with Gasteiger partial charge in [-0.2, -0.15) is 0 Å². The van der Waals surface area contributed by atoms with Crippen molar-refractivity contribution < 1.29 is 13.7 Å². The van der Waals surface area contributed by atoms with Crippen LogP contribution < -0.4 is 0 Å². The van der Waals surface area contributed by atoms with Crippen molar-refractivity contribution in [1.82, 2.24) is 0 Å². The molecule has 1 heterocycles. The first-order chi connectivity index (χ1) is 7.08. The van der Waals surface area contributed by atoms with Crippen LogP contribution in [0.4, 0.5) is 5.69 Å². The van der Waals surface area contributed by atoms with Gasteiger partial charge >= 0.3 is 0 Å². The van der Waals surface area contributed by atoms with E-state index in [1.54, 1.807) is 6.07 Å². The van der Waals surface area contributed by atoms with E-state index in [-0.39, 0.29) is 5.69 Å². The molecule has 0 spiro atoms. The Labute approximate surface area is 90.8 Å². The van der Waals surface area contributed by atoms with Gasteiger partial charge in [0.25, 0.3) is 5.69 Å². The first-order valence-electron chi connectivity index (χ1n) is 3.87. The lowest BCUT2D eigenvalue weighted by Crippen LogP contribution is -1.85. The maximum atomic E-state index is 10.8. The van der Waals surface area contributed by atoms with E-state index in [2.05, 4.69) is 0 Å². The molecule has 5 nitrogen and oxygen atoms in total. The average molecular weight is 243 g/mol. The molecule has 0 radical (unpaired) electrons. The van der Waals surface area contributed by atoms with E-state index in [1.807, 2.05) is 0 Å². The number of nitro groups is 1. The van der Waals surface area contributed by atoms with Crippen LogP contribution >= 0.6 is 11.3 Å². The number of benzene rings is 1. The summed E-state index contributed by atoms with van der Waals surface area (Å²) in [5.41, 5.74) is -0.0180. The maximum Gasteiger partial charge on any atom is 0.270 e. The van der Waals surface area contributed by atoms with E-state index in [0.29, 0.717) is 9.60 Å². The zero-order valence-corrected chi connectivity index (χ0v) is 8.88. The number of hydrogen-bond donors (Lipinski definition) is 1. The van der Waals surface area contributed by atoms with Crippen LogP contribution in [-0.2, 0) is 11.1 Å². The zero-order valence-electron chi connectivity index (χ0n) is 7.25. The minimum Gasteiger partial charge on any atom is -0.302 e. The number of thiophene rings is 1. The van der Waals surface area contributed by atoms with E-state index >= 15 is 0 Å². The quantitative estimate of drug-likeness (QED) is 0.499. The molecule has 0 aliphatic heterocycles. The van der Waals surface area contributed by atoms with Crippen LogP contribution in [0.25, 0.3) is 10.1 Å². The van der Waals surface area contributed by atoms with E-state index in [4.69, 9.17) is 4.55 Å². The molecular formula is C8H5NO4S2. The Kier molecular flexibility index (Phi) is 2.51. The molecule has 2 aromatic rings. The summed E-state index contributed by atoms with van der Waals surface area (Å²) in [5, 5.41) is 11.1. The molecule has 1 aromatic carbocycles.